The third kappa shape index (κ3) is 4.00. The lowest BCUT2D eigenvalue weighted by Crippen LogP contribution is -2.13. The second kappa shape index (κ2) is 8.46. The summed E-state index contributed by atoms with van der Waals surface area (Å²) in [5, 5.41) is 0.521. The van der Waals surface area contributed by atoms with Gasteiger partial charge in [-0.3, -0.25) is 4.79 Å². The van der Waals surface area contributed by atoms with Gasteiger partial charge in [-0.15, -0.1) is 0 Å². The number of carbonyl (C=O) groups is 1. The fourth-order valence-corrected chi connectivity index (χ4v) is 3.55. The van der Waals surface area contributed by atoms with Gasteiger partial charge in [0.15, 0.2) is 0 Å². The Labute approximate surface area is 189 Å². The van der Waals surface area contributed by atoms with Crippen molar-refractivity contribution in [3.05, 3.63) is 82.0 Å². The molecule has 0 aliphatic rings. The zero-order chi connectivity index (χ0) is 22.8. The SMILES string of the molecule is Cc1ccc(Cl)cc1-c1[nH]c(-c2ccnc(N)n2)c(C#Cc2ccccc2N)c1C(N)=O. The van der Waals surface area contributed by atoms with Gasteiger partial charge in [-0.05, 0) is 42.8 Å². The minimum Gasteiger partial charge on any atom is -0.398 e. The first-order valence-corrected chi connectivity index (χ1v) is 10.0. The number of anilines is 2. The minimum absolute atomic E-state index is 0.0874. The molecular formula is C24H19ClN6O. The molecule has 0 atom stereocenters. The molecule has 4 aromatic rings. The largest absolute Gasteiger partial charge is 0.398 e. The summed E-state index contributed by atoms with van der Waals surface area (Å²) in [5.74, 6) is 5.55. The number of amides is 1. The first-order valence-electron chi connectivity index (χ1n) is 9.63. The molecule has 0 aliphatic heterocycles. The van der Waals surface area contributed by atoms with Gasteiger partial charge in [-0.25, -0.2) is 9.97 Å². The van der Waals surface area contributed by atoms with Crippen LogP contribution in [0.5, 0.6) is 0 Å². The van der Waals surface area contributed by atoms with Crippen LogP contribution in [0.3, 0.4) is 0 Å². The predicted octanol–water partition coefficient (Wildman–Crippen LogP) is 3.76. The van der Waals surface area contributed by atoms with Crippen molar-refractivity contribution in [1.82, 2.24) is 15.0 Å². The number of rotatable bonds is 3. The average Bonchev–Trinajstić information content (AvgIpc) is 3.14. The molecule has 0 radical (unpaired) electrons. The molecule has 7 N–H and O–H groups in total. The van der Waals surface area contributed by atoms with E-state index in [4.69, 9.17) is 28.8 Å². The Hall–Kier alpha value is -4.28. The normalized spacial score (nSPS) is 10.4. The van der Waals surface area contributed by atoms with E-state index in [2.05, 4.69) is 26.8 Å². The van der Waals surface area contributed by atoms with Crippen LogP contribution in [0.25, 0.3) is 22.6 Å². The van der Waals surface area contributed by atoms with Crippen molar-refractivity contribution in [2.24, 2.45) is 5.73 Å². The summed E-state index contributed by atoms with van der Waals surface area (Å²) in [6.07, 6.45) is 1.53. The lowest BCUT2D eigenvalue weighted by molar-refractivity contribution is 0.100. The summed E-state index contributed by atoms with van der Waals surface area (Å²) in [6, 6.07) is 14.3. The summed E-state index contributed by atoms with van der Waals surface area (Å²) in [4.78, 5) is 24.1. The van der Waals surface area contributed by atoms with Crippen LogP contribution in [0.4, 0.5) is 11.6 Å². The van der Waals surface area contributed by atoms with Crippen molar-refractivity contribution in [2.75, 3.05) is 11.5 Å². The number of nitrogens with one attached hydrogen (secondary N) is 1. The number of nitrogens with two attached hydrogens (primary N) is 3. The summed E-state index contributed by atoms with van der Waals surface area (Å²) < 4.78 is 0. The van der Waals surface area contributed by atoms with Crippen LogP contribution in [-0.2, 0) is 0 Å². The monoisotopic (exact) mass is 442 g/mol. The maximum Gasteiger partial charge on any atom is 0.252 e. The Kier molecular flexibility index (Phi) is 5.54. The standard InChI is InChI=1S/C24H19ClN6O/c1-13-6-8-15(25)12-17(13)22-20(23(27)32)16(9-7-14-4-2-3-5-18(14)26)21(31-22)19-10-11-29-24(28)30-19/h2-6,8,10-12,31H,26H2,1H3,(H2,27,32)(H2,28,29,30). The molecule has 0 saturated heterocycles. The number of hydrogen-bond donors (Lipinski definition) is 4. The molecule has 158 valence electrons. The molecule has 7 nitrogen and oxygen atoms in total. The number of primary amides is 1. The minimum atomic E-state index is -0.644. The van der Waals surface area contributed by atoms with Crippen molar-refractivity contribution in [3.63, 3.8) is 0 Å². The number of H-pyrrole nitrogens is 1. The number of nitrogen functional groups attached to an aromatic ring is 2. The number of aryl methyl sites for hydroxylation is 1. The average molecular weight is 443 g/mol. The smallest absolute Gasteiger partial charge is 0.252 e. The molecule has 0 unspecified atom stereocenters. The highest BCUT2D eigenvalue weighted by Gasteiger charge is 2.24. The zero-order valence-corrected chi connectivity index (χ0v) is 17.9. The molecule has 0 aliphatic carbocycles. The van der Waals surface area contributed by atoms with Crippen molar-refractivity contribution in [3.8, 4) is 34.5 Å². The summed E-state index contributed by atoms with van der Waals surface area (Å²) in [6.45, 7) is 1.91. The quantitative estimate of drug-likeness (QED) is 0.283. The van der Waals surface area contributed by atoms with Crippen LogP contribution in [0, 0.1) is 18.8 Å². The molecule has 8 heteroatoms. The fourth-order valence-electron chi connectivity index (χ4n) is 3.38. The van der Waals surface area contributed by atoms with Crippen molar-refractivity contribution in [2.45, 2.75) is 6.92 Å². The highest BCUT2D eigenvalue weighted by molar-refractivity contribution is 6.31. The van der Waals surface area contributed by atoms with Gasteiger partial charge in [0.2, 0.25) is 5.95 Å². The predicted molar refractivity (Wildman–Crippen MR) is 127 cm³/mol. The molecule has 0 bridgehead atoms. The Balaban J connectivity index is 2.04. The number of carbonyl (C=O) groups excluding carboxylic acids is 1. The van der Waals surface area contributed by atoms with Crippen LogP contribution in [0.1, 0.15) is 27.0 Å². The first kappa shape index (κ1) is 21.0. The summed E-state index contributed by atoms with van der Waals surface area (Å²) >= 11 is 6.23. The molecule has 0 fully saturated rings. The zero-order valence-electron chi connectivity index (χ0n) is 17.1. The number of para-hydroxylation sites is 1. The van der Waals surface area contributed by atoms with Gasteiger partial charge in [0.1, 0.15) is 0 Å². The molecule has 32 heavy (non-hydrogen) atoms. The van der Waals surface area contributed by atoms with Crippen LogP contribution in [0.2, 0.25) is 5.02 Å². The Morgan fingerprint density at radius 3 is 2.56 bits per heavy atom. The van der Waals surface area contributed by atoms with Gasteiger partial charge in [0, 0.05) is 28.0 Å². The van der Waals surface area contributed by atoms with E-state index in [0.29, 0.717) is 38.9 Å². The van der Waals surface area contributed by atoms with Crippen LogP contribution >= 0.6 is 11.6 Å². The highest BCUT2D eigenvalue weighted by atomic mass is 35.5. The first-order chi connectivity index (χ1) is 15.3. The Bertz CT molecular complexity index is 1410. The number of benzene rings is 2. The molecular weight excluding hydrogens is 424 g/mol. The van der Waals surface area contributed by atoms with Gasteiger partial charge in [0.25, 0.3) is 5.91 Å². The fraction of sp³-hybridized carbons (Fsp3) is 0.0417. The number of aromatic nitrogens is 3. The van der Waals surface area contributed by atoms with E-state index in [1.807, 2.05) is 25.1 Å². The van der Waals surface area contributed by atoms with Gasteiger partial charge in [-0.1, -0.05) is 41.6 Å². The van der Waals surface area contributed by atoms with Gasteiger partial charge < -0.3 is 22.2 Å². The number of hydrogen-bond acceptors (Lipinski definition) is 5. The third-order valence-corrected chi connectivity index (χ3v) is 5.16. The van der Waals surface area contributed by atoms with E-state index >= 15 is 0 Å². The second-order valence-corrected chi connectivity index (χ2v) is 7.52. The molecule has 0 spiro atoms. The molecule has 2 aromatic heterocycles. The van der Waals surface area contributed by atoms with Crippen molar-refractivity contribution in [1.29, 1.82) is 0 Å². The molecule has 2 aromatic carbocycles. The van der Waals surface area contributed by atoms with E-state index in [0.717, 1.165) is 11.1 Å². The van der Waals surface area contributed by atoms with Gasteiger partial charge in [0.05, 0.1) is 28.2 Å². The molecule has 2 heterocycles. The Morgan fingerprint density at radius 2 is 1.84 bits per heavy atom. The maximum atomic E-state index is 12.6. The lowest BCUT2D eigenvalue weighted by Gasteiger charge is -2.06. The summed E-state index contributed by atoms with van der Waals surface area (Å²) in [5.41, 5.74) is 22.5. The van der Waals surface area contributed by atoms with E-state index < -0.39 is 5.91 Å². The van der Waals surface area contributed by atoms with Crippen molar-refractivity contribution >= 4 is 29.1 Å². The lowest BCUT2D eigenvalue weighted by atomic mass is 9.99. The van der Waals surface area contributed by atoms with Crippen LogP contribution < -0.4 is 17.2 Å². The molecule has 0 saturated carbocycles. The molecule has 4 rings (SSSR count). The van der Waals surface area contributed by atoms with Gasteiger partial charge >= 0.3 is 0 Å². The van der Waals surface area contributed by atoms with E-state index in [1.165, 1.54) is 6.20 Å². The highest BCUT2D eigenvalue weighted by Crippen LogP contribution is 2.35. The number of aromatic amines is 1. The summed E-state index contributed by atoms with van der Waals surface area (Å²) in [7, 11) is 0. The van der Waals surface area contributed by atoms with Crippen LogP contribution in [0.15, 0.2) is 54.7 Å². The Morgan fingerprint density at radius 1 is 1.06 bits per heavy atom. The maximum absolute atomic E-state index is 12.6. The van der Waals surface area contributed by atoms with Gasteiger partial charge in [-0.2, -0.15) is 0 Å². The van der Waals surface area contributed by atoms with E-state index in [1.54, 1.807) is 30.3 Å². The topological polar surface area (TPSA) is 137 Å². The number of halogens is 1. The van der Waals surface area contributed by atoms with E-state index in [-0.39, 0.29) is 11.5 Å². The van der Waals surface area contributed by atoms with Crippen LogP contribution in [-0.4, -0.2) is 20.9 Å². The van der Waals surface area contributed by atoms with E-state index in [9.17, 15) is 4.79 Å². The number of nitrogens with zero attached hydrogens (tertiary/aromatic N) is 2. The third-order valence-electron chi connectivity index (χ3n) is 4.93. The second-order valence-electron chi connectivity index (χ2n) is 7.09. The molecule has 1 amide bonds. The van der Waals surface area contributed by atoms with Crippen molar-refractivity contribution < 1.29 is 4.79 Å².